The van der Waals surface area contributed by atoms with E-state index in [0.717, 1.165) is 17.1 Å². The molecule has 3 aromatic carbocycles. The molecule has 0 spiro atoms. The average Bonchev–Trinajstić information content (AvgIpc) is 2.84. The van der Waals surface area contributed by atoms with Crippen LogP contribution in [0.5, 0.6) is 11.5 Å². The van der Waals surface area contributed by atoms with E-state index >= 15 is 0 Å². The number of nitrogens with zero attached hydrogens (tertiary/aromatic N) is 2. The molecular formula is C27H28N2O4. The Bertz CT molecular complexity index is 1300. The van der Waals surface area contributed by atoms with Crippen LogP contribution in [-0.4, -0.2) is 36.5 Å². The summed E-state index contributed by atoms with van der Waals surface area (Å²) in [5.41, 5.74) is 3.87. The lowest BCUT2D eigenvalue weighted by Gasteiger charge is -2.14. The highest BCUT2D eigenvalue weighted by Gasteiger charge is 2.13. The van der Waals surface area contributed by atoms with Crippen molar-refractivity contribution in [3.8, 4) is 22.9 Å². The molecule has 1 heterocycles. The van der Waals surface area contributed by atoms with Crippen molar-refractivity contribution < 1.29 is 14.2 Å². The van der Waals surface area contributed by atoms with E-state index in [2.05, 4.69) is 13.8 Å². The third-order valence-electron chi connectivity index (χ3n) is 5.64. The minimum absolute atomic E-state index is 0.0820. The van der Waals surface area contributed by atoms with Crippen LogP contribution in [0.2, 0.25) is 0 Å². The van der Waals surface area contributed by atoms with E-state index in [4.69, 9.17) is 19.2 Å². The van der Waals surface area contributed by atoms with Crippen LogP contribution >= 0.6 is 0 Å². The Hall–Kier alpha value is -3.64. The number of rotatable bonds is 9. The number of aromatic nitrogens is 2. The molecule has 1 aromatic heterocycles. The van der Waals surface area contributed by atoms with Crippen LogP contribution < -0.4 is 15.0 Å². The maximum absolute atomic E-state index is 13.2. The van der Waals surface area contributed by atoms with Crippen LogP contribution in [0, 0.1) is 13.8 Å². The molecule has 0 fully saturated rings. The fourth-order valence-electron chi connectivity index (χ4n) is 3.62. The summed E-state index contributed by atoms with van der Waals surface area (Å²) >= 11 is 0. The van der Waals surface area contributed by atoms with Crippen molar-refractivity contribution in [3.05, 3.63) is 88.2 Å². The zero-order chi connectivity index (χ0) is 23.2. The zero-order valence-corrected chi connectivity index (χ0v) is 19.2. The molecule has 0 aliphatic heterocycles. The lowest BCUT2D eigenvalue weighted by molar-refractivity contribution is 0.0940. The Balaban J connectivity index is 1.46. The summed E-state index contributed by atoms with van der Waals surface area (Å²) in [7, 11) is 1.63. The van der Waals surface area contributed by atoms with E-state index in [1.165, 1.54) is 11.1 Å². The van der Waals surface area contributed by atoms with Gasteiger partial charge in [0.25, 0.3) is 5.56 Å². The van der Waals surface area contributed by atoms with Crippen molar-refractivity contribution in [2.75, 3.05) is 26.9 Å². The predicted molar refractivity (Wildman–Crippen MR) is 130 cm³/mol. The van der Waals surface area contributed by atoms with E-state index in [9.17, 15) is 4.79 Å². The van der Waals surface area contributed by atoms with Crippen LogP contribution in [0.3, 0.4) is 0 Å². The van der Waals surface area contributed by atoms with E-state index in [-0.39, 0.29) is 5.56 Å². The Kier molecular flexibility index (Phi) is 7.05. The second-order valence-electron chi connectivity index (χ2n) is 7.84. The summed E-state index contributed by atoms with van der Waals surface area (Å²) in [5, 5.41) is 0.591. The van der Waals surface area contributed by atoms with Crippen LogP contribution in [0.4, 0.5) is 0 Å². The SMILES string of the molecule is COc1ccc(-c2nc3ccccc3c(=O)n2CCOCCOc2ccc(C)c(C)c2)cc1. The van der Waals surface area contributed by atoms with Gasteiger partial charge in [-0.1, -0.05) is 18.2 Å². The third kappa shape index (κ3) is 5.23. The van der Waals surface area contributed by atoms with Crippen molar-refractivity contribution in [2.45, 2.75) is 20.4 Å². The van der Waals surface area contributed by atoms with Crippen molar-refractivity contribution in [1.29, 1.82) is 0 Å². The molecule has 0 unspecified atom stereocenters. The van der Waals surface area contributed by atoms with Gasteiger partial charge in [-0.2, -0.15) is 0 Å². The van der Waals surface area contributed by atoms with Crippen molar-refractivity contribution in [2.24, 2.45) is 0 Å². The summed E-state index contributed by atoms with van der Waals surface area (Å²) in [6.45, 7) is 5.78. The minimum Gasteiger partial charge on any atom is -0.497 e. The van der Waals surface area contributed by atoms with E-state index < -0.39 is 0 Å². The zero-order valence-electron chi connectivity index (χ0n) is 19.2. The second kappa shape index (κ2) is 10.3. The summed E-state index contributed by atoms with van der Waals surface area (Å²) in [6.07, 6.45) is 0. The van der Waals surface area contributed by atoms with E-state index in [0.29, 0.717) is 43.1 Å². The summed E-state index contributed by atoms with van der Waals surface area (Å²) in [4.78, 5) is 18.0. The summed E-state index contributed by atoms with van der Waals surface area (Å²) < 4.78 is 18.5. The first kappa shape index (κ1) is 22.6. The average molecular weight is 445 g/mol. The molecule has 170 valence electrons. The monoisotopic (exact) mass is 444 g/mol. The summed E-state index contributed by atoms with van der Waals surface area (Å²) in [6, 6.07) is 21.0. The molecule has 0 aliphatic carbocycles. The number of ether oxygens (including phenoxy) is 3. The largest absolute Gasteiger partial charge is 0.497 e. The Labute approximate surface area is 193 Å². The van der Waals surface area contributed by atoms with E-state index in [1.54, 1.807) is 17.7 Å². The quantitative estimate of drug-likeness (QED) is 0.348. The maximum atomic E-state index is 13.2. The van der Waals surface area contributed by atoms with Gasteiger partial charge in [0.05, 0.1) is 37.8 Å². The van der Waals surface area contributed by atoms with Gasteiger partial charge in [-0.05, 0) is 73.5 Å². The van der Waals surface area contributed by atoms with Gasteiger partial charge in [0.1, 0.15) is 23.9 Å². The number of hydrogen-bond donors (Lipinski definition) is 0. The lowest BCUT2D eigenvalue weighted by Crippen LogP contribution is -2.26. The maximum Gasteiger partial charge on any atom is 0.261 e. The molecule has 0 amide bonds. The van der Waals surface area contributed by atoms with Gasteiger partial charge in [-0.3, -0.25) is 9.36 Å². The first-order valence-corrected chi connectivity index (χ1v) is 11.0. The molecule has 0 aliphatic rings. The van der Waals surface area contributed by atoms with Gasteiger partial charge in [0, 0.05) is 5.56 Å². The van der Waals surface area contributed by atoms with Gasteiger partial charge in [0.15, 0.2) is 0 Å². The highest BCUT2D eigenvalue weighted by molar-refractivity contribution is 5.79. The third-order valence-corrected chi connectivity index (χ3v) is 5.64. The predicted octanol–water partition coefficient (Wildman–Crippen LogP) is 4.78. The molecule has 0 atom stereocenters. The van der Waals surface area contributed by atoms with Crippen LogP contribution in [0.1, 0.15) is 11.1 Å². The Morgan fingerprint density at radius 2 is 1.61 bits per heavy atom. The molecule has 0 saturated heterocycles. The van der Waals surface area contributed by atoms with Crippen LogP contribution in [-0.2, 0) is 11.3 Å². The lowest BCUT2D eigenvalue weighted by atomic mass is 10.1. The number of fused-ring (bicyclic) bond motifs is 1. The number of aryl methyl sites for hydroxylation is 2. The summed E-state index contributed by atoms with van der Waals surface area (Å²) in [5.74, 6) is 2.19. The van der Waals surface area contributed by atoms with Crippen molar-refractivity contribution in [3.63, 3.8) is 0 Å². The molecule has 4 rings (SSSR count). The highest BCUT2D eigenvalue weighted by Crippen LogP contribution is 2.22. The standard InChI is InChI=1S/C27H28N2O4/c1-19-8-11-23(18-20(19)2)33-17-16-32-15-14-29-26(21-9-12-22(31-3)13-10-21)28-25-7-5-4-6-24(25)27(29)30/h4-13,18H,14-17H2,1-3H3. The van der Waals surface area contributed by atoms with Crippen LogP contribution in [0.15, 0.2) is 71.5 Å². The number of para-hydroxylation sites is 1. The van der Waals surface area contributed by atoms with Gasteiger partial charge in [-0.15, -0.1) is 0 Å². The minimum atomic E-state index is -0.0820. The highest BCUT2D eigenvalue weighted by atomic mass is 16.5. The number of hydrogen-bond acceptors (Lipinski definition) is 5. The number of methoxy groups -OCH3 is 1. The van der Waals surface area contributed by atoms with Crippen molar-refractivity contribution >= 4 is 10.9 Å². The molecule has 33 heavy (non-hydrogen) atoms. The molecule has 6 heteroatoms. The molecule has 0 N–H and O–H groups in total. The molecule has 0 bridgehead atoms. The van der Waals surface area contributed by atoms with E-state index in [1.807, 2.05) is 60.7 Å². The Morgan fingerprint density at radius 1 is 0.848 bits per heavy atom. The molecular weight excluding hydrogens is 416 g/mol. The van der Waals surface area contributed by atoms with Crippen LogP contribution in [0.25, 0.3) is 22.3 Å². The first-order chi connectivity index (χ1) is 16.1. The first-order valence-electron chi connectivity index (χ1n) is 11.0. The fourth-order valence-corrected chi connectivity index (χ4v) is 3.62. The molecule has 0 radical (unpaired) electrons. The smallest absolute Gasteiger partial charge is 0.261 e. The number of benzene rings is 3. The van der Waals surface area contributed by atoms with Gasteiger partial charge in [0.2, 0.25) is 0 Å². The topological polar surface area (TPSA) is 62.6 Å². The molecule has 0 saturated carbocycles. The molecule has 6 nitrogen and oxygen atoms in total. The molecule has 4 aromatic rings. The van der Waals surface area contributed by atoms with Gasteiger partial charge < -0.3 is 14.2 Å². The second-order valence-corrected chi connectivity index (χ2v) is 7.84. The fraction of sp³-hybridized carbons (Fsp3) is 0.259. The Morgan fingerprint density at radius 3 is 2.36 bits per heavy atom. The normalized spacial score (nSPS) is 11.0. The van der Waals surface area contributed by atoms with Gasteiger partial charge >= 0.3 is 0 Å². The van der Waals surface area contributed by atoms with Crippen molar-refractivity contribution in [1.82, 2.24) is 9.55 Å². The van der Waals surface area contributed by atoms with Gasteiger partial charge in [-0.25, -0.2) is 4.98 Å².